The van der Waals surface area contributed by atoms with E-state index in [1.54, 1.807) is 12.5 Å². The van der Waals surface area contributed by atoms with Crippen molar-refractivity contribution in [2.45, 2.75) is 6.92 Å². The molecule has 3 heteroatoms. The zero-order valence-electron chi connectivity index (χ0n) is 9.31. The molecule has 0 atom stereocenters. The predicted molar refractivity (Wildman–Crippen MR) is 63.2 cm³/mol. The van der Waals surface area contributed by atoms with Crippen LogP contribution >= 0.6 is 0 Å². The lowest BCUT2D eigenvalue weighted by molar-refractivity contribution is 0.525. The molecule has 3 rings (SSSR count). The van der Waals surface area contributed by atoms with Crippen LogP contribution in [0.5, 0.6) is 0 Å². The summed E-state index contributed by atoms with van der Waals surface area (Å²) in [6.07, 6.45) is 6.26. The number of aryl methyl sites for hydroxylation is 1. The first-order valence-electron chi connectivity index (χ1n) is 5.32. The second kappa shape index (κ2) is 3.94. The summed E-state index contributed by atoms with van der Waals surface area (Å²) >= 11 is 0. The Kier molecular flexibility index (Phi) is 2.29. The first kappa shape index (κ1) is 9.90. The molecule has 3 aromatic heterocycles. The molecule has 17 heavy (non-hydrogen) atoms. The number of hydrogen-bond acceptors (Lipinski definition) is 3. The lowest BCUT2D eigenvalue weighted by atomic mass is 10.1. The van der Waals surface area contributed by atoms with Crippen LogP contribution in [-0.4, -0.2) is 4.98 Å². The predicted octanol–water partition coefficient (Wildman–Crippen LogP) is 3.71. The summed E-state index contributed by atoms with van der Waals surface area (Å²) < 4.78 is 10.7. The van der Waals surface area contributed by atoms with E-state index in [2.05, 4.69) is 11.2 Å². The molecule has 0 aromatic carbocycles. The van der Waals surface area contributed by atoms with Crippen molar-refractivity contribution < 1.29 is 8.83 Å². The van der Waals surface area contributed by atoms with Gasteiger partial charge in [0.25, 0.3) is 0 Å². The van der Waals surface area contributed by atoms with Gasteiger partial charge in [-0.1, -0.05) is 6.07 Å². The maximum atomic E-state index is 5.38. The monoisotopic (exact) mass is 224 g/mol. The smallest absolute Gasteiger partial charge is 0.182 e. The van der Waals surface area contributed by atoms with Gasteiger partial charge in [0, 0.05) is 6.20 Å². The summed E-state index contributed by atoms with van der Waals surface area (Å²) in [5.74, 6) is 1.53. The highest BCUT2D eigenvalue weighted by Crippen LogP contribution is 2.34. The van der Waals surface area contributed by atoms with Crippen LogP contribution < -0.4 is 0 Å². The van der Waals surface area contributed by atoms with Gasteiger partial charge < -0.3 is 8.83 Å². The van der Waals surface area contributed by atoms with Crippen molar-refractivity contribution >= 4 is 0 Å². The molecule has 0 aliphatic heterocycles. The average molecular weight is 224 g/mol. The Hall–Kier alpha value is -2.29. The Morgan fingerprint density at radius 2 is 2.12 bits per heavy atom. The van der Waals surface area contributed by atoms with Crippen LogP contribution in [0.2, 0.25) is 0 Å². The molecule has 0 aliphatic carbocycles. The van der Waals surface area contributed by atoms with E-state index in [-0.39, 0.29) is 0 Å². The van der Waals surface area contributed by atoms with Gasteiger partial charge in [-0.3, -0.25) is 4.98 Å². The summed E-state index contributed by atoms with van der Waals surface area (Å²) in [5, 5.41) is 0. The number of furan rings is 2. The van der Waals surface area contributed by atoms with E-state index in [1.807, 2.05) is 37.3 Å². The summed E-state index contributed by atoms with van der Waals surface area (Å²) in [6.45, 7) is 1.90. The Morgan fingerprint density at radius 1 is 1.18 bits per heavy atom. The second-order valence-electron chi connectivity index (χ2n) is 3.70. The lowest BCUT2D eigenvalue weighted by Gasteiger charge is -2.00. The zero-order valence-corrected chi connectivity index (χ0v) is 9.31. The summed E-state index contributed by atoms with van der Waals surface area (Å²) in [6, 6.07) is 9.50. The van der Waals surface area contributed by atoms with Crippen LogP contribution in [0.1, 0.15) is 5.76 Å². The molecule has 1 radical (unpaired) electrons. The van der Waals surface area contributed by atoms with Gasteiger partial charge in [0.2, 0.25) is 0 Å². The van der Waals surface area contributed by atoms with Crippen molar-refractivity contribution in [1.29, 1.82) is 0 Å². The van der Waals surface area contributed by atoms with Gasteiger partial charge >= 0.3 is 0 Å². The van der Waals surface area contributed by atoms with E-state index in [0.29, 0.717) is 0 Å². The fraction of sp³-hybridized carbons (Fsp3) is 0.0714. The highest BCUT2D eigenvalue weighted by atomic mass is 16.3. The van der Waals surface area contributed by atoms with Gasteiger partial charge in [0.15, 0.2) is 6.26 Å². The van der Waals surface area contributed by atoms with Crippen molar-refractivity contribution in [2.24, 2.45) is 0 Å². The summed E-state index contributed by atoms with van der Waals surface area (Å²) in [5.41, 5.74) is 2.60. The molecule has 83 valence electrons. The SMILES string of the molecule is Cc1o[c]c(-c2ccco2)c1-c1ccccn1. The Morgan fingerprint density at radius 3 is 2.82 bits per heavy atom. The molecule has 0 spiro atoms. The molecule has 3 nitrogen and oxygen atoms in total. The van der Waals surface area contributed by atoms with Crippen LogP contribution in [0.4, 0.5) is 0 Å². The topological polar surface area (TPSA) is 39.2 Å². The van der Waals surface area contributed by atoms with E-state index in [1.165, 1.54) is 0 Å². The van der Waals surface area contributed by atoms with E-state index in [4.69, 9.17) is 8.83 Å². The number of aromatic nitrogens is 1. The van der Waals surface area contributed by atoms with Crippen molar-refractivity contribution in [2.75, 3.05) is 0 Å². The van der Waals surface area contributed by atoms with Gasteiger partial charge in [0.05, 0.1) is 23.1 Å². The Balaban J connectivity index is 2.20. The number of hydrogen-bond donors (Lipinski definition) is 0. The summed E-state index contributed by atoms with van der Waals surface area (Å²) in [4.78, 5) is 4.33. The molecule has 0 unspecified atom stereocenters. The van der Waals surface area contributed by atoms with E-state index in [9.17, 15) is 0 Å². The third-order valence-electron chi connectivity index (χ3n) is 2.60. The fourth-order valence-electron chi connectivity index (χ4n) is 1.82. The molecule has 0 N–H and O–H groups in total. The zero-order chi connectivity index (χ0) is 11.7. The molecule has 0 aliphatic rings. The molecular weight excluding hydrogens is 214 g/mol. The van der Waals surface area contributed by atoms with Crippen LogP contribution in [0.15, 0.2) is 51.6 Å². The van der Waals surface area contributed by atoms with Gasteiger partial charge in [0.1, 0.15) is 11.5 Å². The molecule has 0 fully saturated rings. The van der Waals surface area contributed by atoms with Gasteiger partial charge in [-0.05, 0) is 31.2 Å². The standard InChI is InChI=1S/C14H10NO2/c1-10-14(12-5-2-3-7-15-12)11(9-17-10)13-6-4-8-16-13/h2-8H,1H3. The molecule has 0 amide bonds. The number of pyridine rings is 1. The minimum atomic E-state index is 0.738. The quantitative estimate of drug-likeness (QED) is 0.666. The third kappa shape index (κ3) is 1.65. The first-order valence-corrected chi connectivity index (χ1v) is 5.32. The Bertz CT molecular complexity index is 609. The minimum absolute atomic E-state index is 0.738. The number of nitrogens with zero attached hydrogens (tertiary/aromatic N) is 1. The largest absolute Gasteiger partial charge is 0.464 e. The minimum Gasteiger partial charge on any atom is -0.464 e. The van der Waals surface area contributed by atoms with Crippen LogP contribution in [0.25, 0.3) is 22.6 Å². The fourth-order valence-corrected chi connectivity index (χ4v) is 1.82. The molecule has 0 bridgehead atoms. The number of rotatable bonds is 2. The first-order chi connectivity index (χ1) is 8.36. The summed E-state index contributed by atoms with van der Waals surface area (Å²) in [7, 11) is 0. The maximum Gasteiger partial charge on any atom is 0.182 e. The molecule has 0 saturated heterocycles. The van der Waals surface area contributed by atoms with Crippen molar-refractivity contribution in [3.05, 3.63) is 54.8 Å². The van der Waals surface area contributed by atoms with Gasteiger partial charge in [-0.2, -0.15) is 0 Å². The van der Waals surface area contributed by atoms with Crippen molar-refractivity contribution in [1.82, 2.24) is 4.98 Å². The van der Waals surface area contributed by atoms with Crippen LogP contribution in [-0.2, 0) is 0 Å². The Labute approximate surface area is 98.7 Å². The van der Waals surface area contributed by atoms with Crippen molar-refractivity contribution in [3.8, 4) is 22.6 Å². The normalized spacial score (nSPS) is 10.6. The van der Waals surface area contributed by atoms with Crippen molar-refractivity contribution in [3.63, 3.8) is 0 Å². The van der Waals surface area contributed by atoms with E-state index in [0.717, 1.165) is 28.3 Å². The lowest BCUT2D eigenvalue weighted by Crippen LogP contribution is -1.84. The van der Waals surface area contributed by atoms with Gasteiger partial charge in [-0.25, -0.2) is 0 Å². The maximum absolute atomic E-state index is 5.38. The molecule has 3 aromatic rings. The van der Waals surface area contributed by atoms with Crippen LogP contribution in [0.3, 0.4) is 0 Å². The molecule has 3 heterocycles. The highest BCUT2D eigenvalue weighted by molar-refractivity contribution is 5.80. The second-order valence-corrected chi connectivity index (χ2v) is 3.70. The average Bonchev–Trinajstić information content (AvgIpc) is 2.98. The molecule has 0 saturated carbocycles. The third-order valence-corrected chi connectivity index (χ3v) is 2.60. The highest BCUT2D eigenvalue weighted by Gasteiger charge is 2.17. The molecular formula is C14H10NO2. The van der Waals surface area contributed by atoms with Crippen LogP contribution in [0, 0.1) is 13.2 Å². The van der Waals surface area contributed by atoms with E-state index >= 15 is 0 Å². The van der Waals surface area contributed by atoms with E-state index < -0.39 is 0 Å². The van der Waals surface area contributed by atoms with Gasteiger partial charge in [-0.15, -0.1) is 0 Å².